The Hall–Kier alpha value is -2.50. The second-order valence-electron chi connectivity index (χ2n) is 6.62. The molecule has 1 saturated heterocycles. The fourth-order valence-corrected chi connectivity index (χ4v) is 2.91. The fraction of sp³-hybridized carbons (Fsp3) is 0.444. The Balaban J connectivity index is 1.55. The summed E-state index contributed by atoms with van der Waals surface area (Å²) in [6, 6.07) is 7.80. The summed E-state index contributed by atoms with van der Waals surface area (Å²) in [5.74, 6) is 1.01. The van der Waals surface area contributed by atoms with Crippen LogP contribution in [0.5, 0.6) is 0 Å². The molecule has 1 amide bonds. The zero-order chi connectivity index (χ0) is 17.0. The Labute approximate surface area is 142 Å². The molecular weight excluding hydrogens is 302 g/mol. The molecule has 24 heavy (non-hydrogen) atoms. The van der Waals surface area contributed by atoms with Gasteiger partial charge in [0.15, 0.2) is 5.82 Å². The average molecular weight is 325 g/mol. The maximum atomic E-state index is 12.6. The van der Waals surface area contributed by atoms with Crippen LogP contribution < -0.4 is 10.2 Å². The second-order valence-corrected chi connectivity index (χ2v) is 6.62. The van der Waals surface area contributed by atoms with Gasteiger partial charge < -0.3 is 10.2 Å². The van der Waals surface area contributed by atoms with E-state index >= 15 is 0 Å². The van der Waals surface area contributed by atoms with Crippen molar-refractivity contribution < 1.29 is 4.79 Å². The summed E-state index contributed by atoms with van der Waals surface area (Å²) in [6.07, 6.45) is 5.10. The molecule has 0 saturated carbocycles. The van der Waals surface area contributed by atoms with Crippen molar-refractivity contribution >= 4 is 11.7 Å². The highest BCUT2D eigenvalue weighted by molar-refractivity contribution is 5.82. The predicted octanol–water partition coefficient (Wildman–Crippen LogP) is 2.10. The first-order valence-corrected chi connectivity index (χ1v) is 8.29. The largest absolute Gasteiger partial charge is 0.355 e. The quantitative estimate of drug-likeness (QED) is 0.932. The van der Waals surface area contributed by atoms with Gasteiger partial charge in [-0.05, 0) is 49.6 Å². The zero-order valence-electron chi connectivity index (χ0n) is 14.2. The van der Waals surface area contributed by atoms with Crippen molar-refractivity contribution in [2.45, 2.75) is 33.2 Å². The van der Waals surface area contributed by atoms with Crippen molar-refractivity contribution in [3.8, 4) is 0 Å². The summed E-state index contributed by atoms with van der Waals surface area (Å²) in [5, 5.41) is 11.4. The molecule has 1 N–H and O–H groups in total. The van der Waals surface area contributed by atoms with E-state index in [2.05, 4.69) is 25.4 Å². The normalized spacial score (nSPS) is 16.7. The van der Waals surface area contributed by atoms with Crippen LogP contribution in [0.3, 0.4) is 0 Å². The van der Waals surface area contributed by atoms with Gasteiger partial charge in [-0.2, -0.15) is 5.10 Å². The molecule has 126 valence electrons. The highest BCUT2D eigenvalue weighted by Gasteiger charge is 2.37. The van der Waals surface area contributed by atoms with Gasteiger partial charge in [-0.3, -0.25) is 9.78 Å². The third-order valence-electron chi connectivity index (χ3n) is 4.73. The van der Waals surface area contributed by atoms with E-state index < -0.39 is 0 Å². The average Bonchev–Trinajstić information content (AvgIpc) is 2.62. The minimum Gasteiger partial charge on any atom is -0.355 e. The van der Waals surface area contributed by atoms with Crippen LogP contribution in [-0.2, 0) is 11.3 Å². The van der Waals surface area contributed by atoms with E-state index in [4.69, 9.17) is 0 Å². The van der Waals surface area contributed by atoms with Gasteiger partial charge in [0, 0.05) is 37.4 Å². The van der Waals surface area contributed by atoms with Crippen LogP contribution in [0, 0.1) is 12.3 Å². The minimum absolute atomic E-state index is 0.119. The van der Waals surface area contributed by atoms with Crippen LogP contribution in [0.25, 0.3) is 0 Å². The molecule has 1 aliphatic rings. The first-order chi connectivity index (χ1) is 11.6. The molecule has 3 rings (SSSR count). The number of piperidine rings is 1. The first kappa shape index (κ1) is 16.4. The number of aromatic nitrogens is 3. The number of hydrogen-bond donors (Lipinski definition) is 1. The van der Waals surface area contributed by atoms with E-state index in [0.717, 1.165) is 43.0 Å². The standard InChI is InChI=1S/C18H23N5O/c1-14-3-4-16(22-21-14)23-11-7-18(2,8-12-23)17(24)20-13-15-5-9-19-10-6-15/h3-6,9-10H,7-8,11-13H2,1-2H3,(H,20,24). The summed E-state index contributed by atoms with van der Waals surface area (Å²) in [4.78, 5) is 18.8. The van der Waals surface area contributed by atoms with Crippen molar-refractivity contribution in [2.24, 2.45) is 5.41 Å². The molecule has 1 fully saturated rings. The highest BCUT2D eigenvalue weighted by atomic mass is 16.2. The SMILES string of the molecule is Cc1ccc(N2CCC(C)(C(=O)NCc3ccncc3)CC2)nn1. The zero-order valence-corrected chi connectivity index (χ0v) is 14.2. The minimum atomic E-state index is -0.332. The topological polar surface area (TPSA) is 71.0 Å². The van der Waals surface area contributed by atoms with Gasteiger partial charge in [0.2, 0.25) is 5.91 Å². The molecule has 2 aromatic heterocycles. The Bertz CT molecular complexity index is 678. The lowest BCUT2D eigenvalue weighted by atomic mass is 9.79. The van der Waals surface area contributed by atoms with Gasteiger partial charge in [0.25, 0.3) is 0 Å². The van der Waals surface area contributed by atoms with Crippen LogP contribution in [0.4, 0.5) is 5.82 Å². The number of amides is 1. The monoisotopic (exact) mass is 325 g/mol. The predicted molar refractivity (Wildman–Crippen MR) is 92.4 cm³/mol. The maximum absolute atomic E-state index is 12.6. The number of nitrogens with zero attached hydrogens (tertiary/aromatic N) is 4. The molecule has 0 bridgehead atoms. The van der Waals surface area contributed by atoms with E-state index in [1.165, 1.54) is 0 Å². The van der Waals surface area contributed by atoms with E-state index in [0.29, 0.717) is 6.54 Å². The van der Waals surface area contributed by atoms with Gasteiger partial charge in [0.1, 0.15) is 0 Å². The molecule has 2 aromatic rings. The van der Waals surface area contributed by atoms with Crippen LogP contribution in [-0.4, -0.2) is 34.2 Å². The number of pyridine rings is 1. The Kier molecular flexibility index (Phi) is 4.74. The van der Waals surface area contributed by atoms with E-state index in [1.54, 1.807) is 12.4 Å². The third-order valence-corrected chi connectivity index (χ3v) is 4.73. The molecule has 0 unspecified atom stereocenters. The lowest BCUT2D eigenvalue weighted by molar-refractivity contribution is -0.131. The van der Waals surface area contributed by atoms with Gasteiger partial charge in [-0.15, -0.1) is 5.10 Å². The first-order valence-electron chi connectivity index (χ1n) is 8.29. The van der Waals surface area contributed by atoms with Gasteiger partial charge >= 0.3 is 0 Å². The molecule has 0 atom stereocenters. The van der Waals surface area contributed by atoms with Gasteiger partial charge in [0.05, 0.1) is 5.69 Å². The summed E-state index contributed by atoms with van der Waals surface area (Å²) in [5.41, 5.74) is 1.65. The van der Waals surface area contributed by atoms with Crippen LogP contribution in [0.15, 0.2) is 36.7 Å². The molecule has 3 heterocycles. The Morgan fingerprint density at radius 1 is 1.17 bits per heavy atom. The molecule has 6 heteroatoms. The number of rotatable bonds is 4. The van der Waals surface area contributed by atoms with E-state index in [-0.39, 0.29) is 11.3 Å². The summed E-state index contributed by atoms with van der Waals surface area (Å²) in [6.45, 7) is 6.15. The van der Waals surface area contributed by atoms with Crippen LogP contribution in [0.1, 0.15) is 31.0 Å². The summed E-state index contributed by atoms with van der Waals surface area (Å²) in [7, 11) is 0. The van der Waals surface area contributed by atoms with Crippen LogP contribution in [0.2, 0.25) is 0 Å². The maximum Gasteiger partial charge on any atom is 0.226 e. The Morgan fingerprint density at radius 2 is 1.88 bits per heavy atom. The number of aryl methyl sites for hydroxylation is 1. The molecule has 1 aliphatic heterocycles. The number of carbonyl (C=O) groups is 1. The van der Waals surface area contributed by atoms with Gasteiger partial charge in [-0.1, -0.05) is 6.92 Å². The molecule has 0 radical (unpaired) electrons. The number of nitrogens with one attached hydrogen (secondary N) is 1. The van der Waals surface area contributed by atoms with Crippen molar-refractivity contribution in [3.05, 3.63) is 47.9 Å². The van der Waals surface area contributed by atoms with E-state index in [9.17, 15) is 4.79 Å². The number of hydrogen-bond acceptors (Lipinski definition) is 5. The summed E-state index contributed by atoms with van der Waals surface area (Å²) < 4.78 is 0. The van der Waals surface area contributed by atoms with Crippen molar-refractivity contribution in [3.63, 3.8) is 0 Å². The van der Waals surface area contributed by atoms with Crippen molar-refractivity contribution in [1.82, 2.24) is 20.5 Å². The van der Waals surface area contributed by atoms with Gasteiger partial charge in [-0.25, -0.2) is 0 Å². The number of carbonyl (C=O) groups excluding carboxylic acids is 1. The highest BCUT2D eigenvalue weighted by Crippen LogP contribution is 2.32. The van der Waals surface area contributed by atoms with Crippen molar-refractivity contribution in [2.75, 3.05) is 18.0 Å². The third kappa shape index (κ3) is 3.69. The second kappa shape index (κ2) is 6.95. The Morgan fingerprint density at radius 3 is 2.50 bits per heavy atom. The molecule has 0 aromatic carbocycles. The fourth-order valence-electron chi connectivity index (χ4n) is 2.91. The van der Waals surface area contributed by atoms with E-state index in [1.807, 2.05) is 38.1 Å². The smallest absolute Gasteiger partial charge is 0.226 e. The lowest BCUT2D eigenvalue weighted by Gasteiger charge is -2.38. The van der Waals surface area contributed by atoms with Crippen LogP contribution >= 0.6 is 0 Å². The lowest BCUT2D eigenvalue weighted by Crippen LogP contribution is -2.47. The summed E-state index contributed by atoms with van der Waals surface area (Å²) >= 11 is 0. The molecule has 0 aliphatic carbocycles. The molecular formula is C18H23N5O. The number of anilines is 1. The van der Waals surface area contributed by atoms with Crippen molar-refractivity contribution in [1.29, 1.82) is 0 Å². The molecule has 6 nitrogen and oxygen atoms in total. The molecule has 0 spiro atoms.